The highest BCUT2D eigenvalue weighted by atomic mass is 32.2. The molecule has 0 bridgehead atoms. The van der Waals surface area contributed by atoms with Gasteiger partial charge in [0, 0.05) is 18.5 Å². The topological polar surface area (TPSA) is 88.2 Å². The third-order valence-corrected chi connectivity index (χ3v) is 5.92. The Morgan fingerprint density at radius 2 is 1.61 bits per heavy atom. The first-order valence-corrected chi connectivity index (χ1v) is 10.5. The molecule has 3 aromatic rings. The van der Waals surface area contributed by atoms with E-state index in [1.807, 2.05) is 38.1 Å². The molecule has 0 aliphatic heterocycles. The minimum absolute atomic E-state index is 0.0984. The molecule has 146 valence electrons. The average molecular weight is 398 g/mol. The van der Waals surface area contributed by atoms with E-state index in [1.54, 1.807) is 31.2 Å². The van der Waals surface area contributed by atoms with Gasteiger partial charge in [-0.2, -0.15) is 0 Å². The van der Waals surface area contributed by atoms with Crippen LogP contribution in [-0.2, 0) is 10.0 Å². The average Bonchev–Trinajstić information content (AvgIpc) is 2.64. The number of amides is 1. The van der Waals surface area contributed by atoms with E-state index in [2.05, 4.69) is 15.0 Å². The van der Waals surface area contributed by atoms with E-state index in [0.29, 0.717) is 11.3 Å². The minimum Gasteiger partial charge on any atom is -0.351 e. The predicted octanol–water partition coefficient (Wildman–Crippen LogP) is 2.87. The van der Waals surface area contributed by atoms with Crippen LogP contribution in [0.1, 0.15) is 27.2 Å². The molecule has 0 saturated heterocycles. The molecule has 28 heavy (non-hydrogen) atoms. The second kappa shape index (κ2) is 8.08. The molecular weight excluding hydrogens is 374 g/mol. The second-order valence-electron chi connectivity index (χ2n) is 6.78. The van der Waals surface area contributed by atoms with E-state index in [9.17, 15) is 13.2 Å². The van der Waals surface area contributed by atoms with Crippen LogP contribution in [0.3, 0.4) is 0 Å². The largest absolute Gasteiger partial charge is 0.351 e. The Morgan fingerprint density at radius 1 is 0.929 bits per heavy atom. The van der Waals surface area contributed by atoms with E-state index in [4.69, 9.17) is 0 Å². The molecule has 0 spiro atoms. The summed E-state index contributed by atoms with van der Waals surface area (Å²) in [4.78, 5) is 17.2. The first-order valence-electron chi connectivity index (χ1n) is 8.99. The highest BCUT2D eigenvalue weighted by molar-refractivity contribution is 7.89. The van der Waals surface area contributed by atoms with Gasteiger partial charge in [0.15, 0.2) is 0 Å². The normalized spacial score (nSPS) is 11.5. The van der Waals surface area contributed by atoms with Crippen molar-refractivity contribution in [3.63, 3.8) is 0 Å². The van der Waals surface area contributed by atoms with Crippen molar-refractivity contribution in [2.45, 2.75) is 25.7 Å². The molecule has 0 aliphatic rings. The quantitative estimate of drug-likeness (QED) is 0.626. The maximum Gasteiger partial charge on any atom is 0.253 e. The molecule has 0 radical (unpaired) electrons. The molecular formula is C21H23N3O3S. The Morgan fingerprint density at radius 3 is 2.32 bits per heavy atom. The molecule has 1 amide bonds. The molecule has 6 nitrogen and oxygen atoms in total. The zero-order chi connectivity index (χ0) is 20.3. The fraction of sp³-hybridized carbons (Fsp3) is 0.238. The number of pyridine rings is 1. The maximum atomic E-state index is 12.5. The van der Waals surface area contributed by atoms with Crippen molar-refractivity contribution in [2.75, 3.05) is 13.1 Å². The van der Waals surface area contributed by atoms with Gasteiger partial charge < -0.3 is 5.32 Å². The number of carbonyl (C=O) groups excluding carboxylic acids is 1. The van der Waals surface area contributed by atoms with Crippen LogP contribution in [-0.4, -0.2) is 32.4 Å². The van der Waals surface area contributed by atoms with Crippen LogP contribution in [0, 0.1) is 20.8 Å². The molecule has 0 aliphatic carbocycles. The van der Waals surface area contributed by atoms with Crippen LogP contribution >= 0.6 is 0 Å². The molecule has 0 unspecified atom stereocenters. The number of nitrogens with zero attached hydrogens (tertiary/aromatic N) is 1. The molecule has 0 fully saturated rings. The van der Waals surface area contributed by atoms with Gasteiger partial charge in [0.25, 0.3) is 5.91 Å². The van der Waals surface area contributed by atoms with Crippen molar-refractivity contribution in [2.24, 2.45) is 0 Å². The number of fused-ring (bicyclic) bond motifs is 1. The molecule has 7 heteroatoms. The number of aromatic nitrogens is 1. The van der Waals surface area contributed by atoms with Crippen LogP contribution < -0.4 is 10.0 Å². The van der Waals surface area contributed by atoms with Gasteiger partial charge in [0.2, 0.25) is 10.0 Å². The van der Waals surface area contributed by atoms with E-state index in [-0.39, 0.29) is 23.9 Å². The summed E-state index contributed by atoms with van der Waals surface area (Å²) in [5.41, 5.74) is 4.06. The number of nitrogens with one attached hydrogen (secondary N) is 2. The molecule has 0 atom stereocenters. The Labute approximate surface area is 165 Å². The zero-order valence-electron chi connectivity index (χ0n) is 16.1. The minimum atomic E-state index is -3.59. The van der Waals surface area contributed by atoms with Crippen LogP contribution in [0.2, 0.25) is 0 Å². The first kappa shape index (κ1) is 20.0. The summed E-state index contributed by atoms with van der Waals surface area (Å²) in [6, 6.07) is 14.3. The Bertz CT molecular complexity index is 1120. The summed E-state index contributed by atoms with van der Waals surface area (Å²) in [6.07, 6.45) is 0. The maximum absolute atomic E-state index is 12.5. The second-order valence-corrected chi connectivity index (χ2v) is 8.55. The lowest BCUT2D eigenvalue weighted by atomic mass is 10.1. The van der Waals surface area contributed by atoms with Crippen LogP contribution in [0.5, 0.6) is 0 Å². The highest BCUT2D eigenvalue weighted by Crippen LogP contribution is 2.18. The van der Waals surface area contributed by atoms with Crippen molar-refractivity contribution >= 4 is 26.8 Å². The van der Waals surface area contributed by atoms with Gasteiger partial charge >= 0.3 is 0 Å². The number of aryl methyl sites for hydroxylation is 3. The first-order chi connectivity index (χ1) is 13.3. The van der Waals surface area contributed by atoms with Gasteiger partial charge in [0.1, 0.15) is 0 Å². The van der Waals surface area contributed by atoms with E-state index in [1.165, 1.54) is 0 Å². The lowest BCUT2D eigenvalue weighted by Crippen LogP contribution is -2.35. The monoisotopic (exact) mass is 397 g/mol. The van der Waals surface area contributed by atoms with E-state index >= 15 is 0 Å². The molecule has 1 aromatic heterocycles. The van der Waals surface area contributed by atoms with Crippen molar-refractivity contribution in [1.82, 2.24) is 15.0 Å². The van der Waals surface area contributed by atoms with Crippen LogP contribution in [0.25, 0.3) is 10.9 Å². The number of sulfonamides is 1. The van der Waals surface area contributed by atoms with Gasteiger partial charge in [-0.1, -0.05) is 29.8 Å². The van der Waals surface area contributed by atoms with E-state index in [0.717, 1.165) is 22.0 Å². The van der Waals surface area contributed by atoms with Crippen molar-refractivity contribution < 1.29 is 13.2 Å². The fourth-order valence-corrected chi connectivity index (χ4v) is 3.89. The van der Waals surface area contributed by atoms with Gasteiger partial charge in [-0.25, -0.2) is 13.1 Å². The summed E-state index contributed by atoms with van der Waals surface area (Å²) in [5.74, 6) is -0.276. The fourth-order valence-electron chi connectivity index (χ4n) is 2.86. The number of carbonyl (C=O) groups is 1. The summed E-state index contributed by atoms with van der Waals surface area (Å²) >= 11 is 0. The van der Waals surface area contributed by atoms with Crippen molar-refractivity contribution in [3.8, 4) is 0 Å². The molecule has 2 aromatic carbocycles. The summed E-state index contributed by atoms with van der Waals surface area (Å²) in [5, 5.41) is 3.63. The lowest BCUT2D eigenvalue weighted by molar-refractivity contribution is 0.0953. The third-order valence-electron chi connectivity index (χ3n) is 4.44. The smallest absolute Gasteiger partial charge is 0.253 e. The van der Waals surface area contributed by atoms with Crippen molar-refractivity contribution in [3.05, 3.63) is 70.9 Å². The van der Waals surface area contributed by atoms with Gasteiger partial charge in [-0.3, -0.25) is 9.78 Å². The highest BCUT2D eigenvalue weighted by Gasteiger charge is 2.14. The third kappa shape index (κ3) is 4.55. The number of rotatable bonds is 6. The molecule has 0 saturated carbocycles. The molecule has 1 heterocycles. The SMILES string of the molecule is Cc1ccc(S(=O)(=O)NCCNC(=O)c2cc3ccc(C)cc3nc2C)cc1. The Balaban J connectivity index is 1.61. The molecule has 3 rings (SSSR count). The molecule has 2 N–H and O–H groups in total. The standard InChI is InChI=1S/C21H23N3O3S/c1-14-5-8-18(9-6-14)28(26,27)23-11-10-22-21(25)19-13-17-7-4-15(2)12-20(17)24-16(19)3/h4-9,12-13,23H,10-11H2,1-3H3,(H,22,25). The number of hydrogen-bond acceptors (Lipinski definition) is 4. The predicted molar refractivity (Wildman–Crippen MR) is 110 cm³/mol. The van der Waals surface area contributed by atoms with Crippen molar-refractivity contribution in [1.29, 1.82) is 0 Å². The van der Waals surface area contributed by atoms with Gasteiger partial charge in [-0.05, 0) is 50.6 Å². The van der Waals surface area contributed by atoms with Gasteiger partial charge in [-0.15, -0.1) is 0 Å². The van der Waals surface area contributed by atoms with Crippen LogP contribution in [0.15, 0.2) is 53.4 Å². The summed E-state index contributed by atoms with van der Waals surface area (Å²) in [6.45, 7) is 5.95. The number of hydrogen-bond donors (Lipinski definition) is 2. The Kier molecular flexibility index (Phi) is 5.76. The summed E-state index contributed by atoms with van der Waals surface area (Å²) < 4.78 is 27.0. The lowest BCUT2D eigenvalue weighted by Gasteiger charge is -2.10. The van der Waals surface area contributed by atoms with Gasteiger partial charge in [0.05, 0.1) is 21.7 Å². The van der Waals surface area contributed by atoms with Crippen LogP contribution in [0.4, 0.5) is 0 Å². The van der Waals surface area contributed by atoms with E-state index < -0.39 is 10.0 Å². The summed E-state index contributed by atoms with van der Waals surface area (Å²) in [7, 11) is -3.59. The Hall–Kier alpha value is -2.77. The zero-order valence-corrected chi connectivity index (χ0v) is 16.9. The number of benzene rings is 2.